The number of anilines is 1. The number of ether oxygens (including phenoxy) is 1. The summed E-state index contributed by atoms with van der Waals surface area (Å²) in [4.78, 5) is 14.8. The largest absolute Gasteiger partial charge is 0.478 e. The summed E-state index contributed by atoms with van der Waals surface area (Å²) in [5.74, 6) is 0.547. The first-order valence-corrected chi connectivity index (χ1v) is 13.7. The van der Waals surface area contributed by atoms with E-state index in [0.717, 1.165) is 63.1 Å². The van der Waals surface area contributed by atoms with Crippen LogP contribution in [0.2, 0.25) is 0 Å². The number of carboxylic acids is 1. The van der Waals surface area contributed by atoms with Gasteiger partial charge >= 0.3 is 5.97 Å². The Morgan fingerprint density at radius 2 is 1.67 bits per heavy atom. The lowest BCUT2D eigenvalue weighted by Crippen LogP contribution is -2.48. The molecular weight excluding hydrogens is 484 g/mol. The van der Waals surface area contributed by atoms with Crippen molar-refractivity contribution in [3.8, 4) is 11.5 Å². The van der Waals surface area contributed by atoms with Crippen LogP contribution >= 0.6 is 0 Å². The molecule has 3 aromatic carbocycles. The summed E-state index contributed by atoms with van der Waals surface area (Å²) in [5, 5.41) is 12.2. The number of likely N-dealkylation sites (N-methyl/N-ethyl adjacent to an activating group) is 2. The third kappa shape index (κ3) is 3.82. The summed E-state index contributed by atoms with van der Waals surface area (Å²) in [5.41, 5.74) is 5.84. The fraction of sp³-hybridized carbons (Fsp3) is 0.294. The van der Waals surface area contributed by atoms with E-state index in [4.69, 9.17) is 4.74 Å². The molecule has 0 unspecified atom stereocenters. The summed E-state index contributed by atoms with van der Waals surface area (Å²) < 4.78 is 9.09. The van der Waals surface area contributed by atoms with Crippen LogP contribution in [0.5, 0.6) is 11.5 Å². The number of carbonyl (C=O) groups is 1. The lowest BCUT2D eigenvalue weighted by atomic mass is 9.86. The van der Waals surface area contributed by atoms with Crippen LogP contribution in [0.15, 0.2) is 60.7 Å². The van der Waals surface area contributed by atoms with Gasteiger partial charge in [-0.2, -0.15) is 0 Å². The third-order valence-electron chi connectivity index (χ3n) is 8.39. The van der Waals surface area contributed by atoms with Gasteiger partial charge in [0, 0.05) is 54.1 Å². The molecule has 5 heteroatoms. The quantitative estimate of drug-likeness (QED) is 0.352. The van der Waals surface area contributed by atoms with Crippen molar-refractivity contribution in [2.24, 2.45) is 0 Å². The van der Waals surface area contributed by atoms with Gasteiger partial charge in [0.25, 0.3) is 0 Å². The first-order valence-electron chi connectivity index (χ1n) is 13.7. The number of fused-ring (bicyclic) bond motifs is 4. The molecule has 0 aromatic heterocycles. The van der Waals surface area contributed by atoms with E-state index >= 15 is 0 Å². The fourth-order valence-corrected chi connectivity index (χ4v) is 6.45. The summed E-state index contributed by atoms with van der Waals surface area (Å²) in [7, 11) is 0. The Morgan fingerprint density at radius 1 is 0.923 bits per heavy atom. The molecule has 39 heavy (non-hydrogen) atoms. The molecule has 6 rings (SSSR count). The molecule has 3 heterocycles. The topological polar surface area (TPSA) is 52.8 Å². The zero-order chi connectivity index (χ0) is 27.7. The van der Waals surface area contributed by atoms with Crippen LogP contribution in [0, 0.1) is 0 Å². The molecule has 0 spiro atoms. The Morgan fingerprint density at radius 3 is 2.38 bits per heavy atom. The van der Waals surface area contributed by atoms with Crippen LogP contribution in [0.3, 0.4) is 0 Å². The van der Waals surface area contributed by atoms with Crippen molar-refractivity contribution in [2.75, 3.05) is 18.0 Å². The molecule has 0 radical (unpaired) electrons. The van der Waals surface area contributed by atoms with E-state index in [1.807, 2.05) is 12.1 Å². The molecule has 0 amide bonds. The first-order chi connectivity index (χ1) is 18.6. The average Bonchev–Trinajstić information content (AvgIpc) is 2.89. The van der Waals surface area contributed by atoms with Gasteiger partial charge in [-0.3, -0.25) is 0 Å². The van der Waals surface area contributed by atoms with E-state index in [0.29, 0.717) is 5.56 Å². The standard InChI is InChI=1S/C34H34N2O3/c1-7-35-27-19-29-25(17-21(27)13-15-33(35,3)4)31(23-11-9-10-12-24(23)32(37)38)26-18-22-14-16-34(5,6)36(8-2)28(22)20-30(26)39-29/h9-20H,7-8H2,1-6H3/p+1. The molecule has 0 saturated heterocycles. The van der Waals surface area contributed by atoms with Gasteiger partial charge in [0.15, 0.2) is 5.54 Å². The number of hydrogen-bond donors (Lipinski definition) is 1. The highest BCUT2D eigenvalue weighted by molar-refractivity contribution is 5.99. The number of aromatic carboxylic acids is 1. The zero-order valence-corrected chi connectivity index (χ0v) is 23.5. The Bertz CT molecular complexity index is 1740. The van der Waals surface area contributed by atoms with Crippen molar-refractivity contribution < 1.29 is 14.6 Å². The maximum Gasteiger partial charge on any atom is 0.336 e. The fourth-order valence-electron chi connectivity index (χ4n) is 6.45. The molecule has 1 N–H and O–H groups in total. The maximum atomic E-state index is 12.4. The number of rotatable bonds is 4. The van der Waals surface area contributed by atoms with Crippen molar-refractivity contribution in [1.29, 1.82) is 0 Å². The van der Waals surface area contributed by atoms with Gasteiger partial charge in [-0.1, -0.05) is 30.4 Å². The maximum absolute atomic E-state index is 12.4. The van der Waals surface area contributed by atoms with E-state index in [1.54, 1.807) is 12.1 Å². The highest BCUT2D eigenvalue weighted by Crippen LogP contribution is 2.44. The van der Waals surface area contributed by atoms with Crippen molar-refractivity contribution >= 4 is 29.4 Å². The lowest BCUT2D eigenvalue weighted by Gasteiger charge is -2.42. The van der Waals surface area contributed by atoms with Crippen LogP contribution in [0.1, 0.15) is 74.2 Å². The minimum absolute atomic E-state index is 0.121. The van der Waals surface area contributed by atoms with Gasteiger partial charge < -0.3 is 14.7 Å². The second-order valence-corrected chi connectivity index (χ2v) is 11.6. The van der Waals surface area contributed by atoms with Crippen LogP contribution in [-0.4, -0.2) is 35.2 Å². The molecule has 0 bridgehead atoms. The molecule has 3 aromatic rings. The monoisotopic (exact) mass is 519 g/mol. The Kier molecular flexibility index (Phi) is 5.62. The smallest absolute Gasteiger partial charge is 0.336 e. The van der Waals surface area contributed by atoms with Gasteiger partial charge in [0.05, 0.1) is 17.2 Å². The average molecular weight is 520 g/mol. The summed E-state index contributed by atoms with van der Waals surface area (Å²) in [6.45, 7) is 14.9. The molecule has 0 aliphatic carbocycles. The zero-order valence-electron chi connectivity index (χ0n) is 23.5. The van der Waals surface area contributed by atoms with Crippen LogP contribution < -0.4 is 24.8 Å². The minimum Gasteiger partial charge on any atom is -0.478 e. The van der Waals surface area contributed by atoms with Crippen molar-refractivity contribution in [1.82, 2.24) is 4.58 Å². The molecule has 3 aliphatic rings. The van der Waals surface area contributed by atoms with E-state index in [9.17, 15) is 9.90 Å². The Labute approximate surface area is 229 Å². The van der Waals surface area contributed by atoms with Crippen molar-refractivity contribution in [3.05, 3.63) is 99.1 Å². The second-order valence-electron chi connectivity index (χ2n) is 11.6. The lowest BCUT2D eigenvalue weighted by molar-refractivity contribution is 0.0696. The van der Waals surface area contributed by atoms with Gasteiger partial charge in [0.1, 0.15) is 18.0 Å². The summed E-state index contributed by atoms with van der Waals surface area (Å²) in [6, 6.07) is 15.9. The number of nitrogens with zero attached hydrogens (tertiary/aromatic N) is 2. The molecule has 5 nitrogen and oxygen atoms in total. The molecule has 0 saturated carbocycles. The van der Waals surface area contributed by atoms with Crippen molar-refractivity contribution in [3.63, 3.8) is 0 Å². The Balaban J connectivity index is 1.73. The molecule has 3 aliphatic heterocycles. The van der Waals surface area contributed by atoms with Gasteiger partial charge in [-0.25, -0.2) is 9.37 Å². The van der Waals surface area contributed by atoms with Crippen LogP contribution in [0.25, 0.3) is 17.7 Å². The van der Waals surface area contributed by atoms with Gasteiger partial charge in [-0.15, -0.1) is 0 Å². The normalized spacial score (nSPS) is 17.6. The van der Waals surface area contributed by atoms with E-state index in [-0.39, 0.29) is 16.6 Å². The predicted molar refractivity (Wildman–Crippen MR) is 158 cm³/mol. The first kappa shape index (κ1) is 25.2. The van der Waals surface area contributed by atoms with Crippen LogP contribution in [-0.2, 0) is 0 Å². The third-order valence-corrected chi connectivity index (χ3v) is 8.39. The van der Waals surface area contributed by atoms with Gasteiger partial charge in [0.2, 0.25) is 5.36 Å². The molecule has 198 valence electrons. The van der Waals surface area contributed by atoms with E-state index < -0.39 is 5.97 Å². The summed E-state index contributed by atoms with van der Waals surface area (Å²) >= 11 is 0. The van der Waals surface area contributed by atoms with E-state index in [1.165, 1.54) is 0 Å². The molecular formula is C34H35N2O3+. The number of benzene rings is 3. The van der Waals surface area contributed by atoms with Crippen molar-refractivity contribution in [2.45, 2.75) is 52.6 Å². The SMILES string of the molecule is CCN1c2cc3c(cc2C=CC1(C)C)C(c1ccccc1C(=O)O)=c1cc2c(cc1O3)=[N+](CC)C(C)(C)C=C2. The second kappa shape index (κ2) is 8.70. The summed E-state index contributed by atoms with van der Waals surface area (Å²) in [6.07, 6.45) is 8.82. The predicted octanol–water partition coefficient (Wildman–Crippen LogP) is 5.69. The number of hydrogen-bond acceptors (Lipinski definition) is 3. The Hall–Kier alpha value is -4.12. The minimum atomic E-state index is -0.943. The number of carboxylic acid groups (broad SMARTS) is 1. The highest BCUT2D eigenvalue weighted by Gasteiger charge is 2.34. The van der Waals surface area contributed by atoms with Crippen LogP contribution in [0.4, 0.5) is 5.69 Å². The van der Waals surface area contributed by atoms with E-state index in [2.05, 4.69) is 99.6 Å². The molecule has 0 fully saturated rings. The van der Waals surface area contributed by atoms with Gasteiger partial charge in [-0.05, 0) is 69.2 Å². The highest BCUT2D eigenvalue weighted by atomic mass is 16.5. The molecule has 0 atom stereocenters.